The van der Waals surface area contributed by atoms with E-state index >= 15 is 0 Å². The molecule has 0 unspecified atom stereocenters. The van der Waals surface area contributed by atoms with E-state index in [1.165, 1.54) is 0 Å². The summed E-state index contributed by atoms with van der Waals surface area (Å²) >= 11 is 0. The number of anilines is 2. The van der Waals surface area contributed by atoms with Gasteiger partial charge in [-0.3, -0.25) is 0 Å². The fraction of sp³-hybridized carbons (Fsp3) is 0.565. The maximum Gasteiger partial charge on any atom is 0.243 e. The lowest BCUT2D eigenvalue weighted by Gasteiger charge is -2.35. The third-order valence-electron chi connectivity index (χ3n) is 6.55. The van der Waals surface area contributed by atoms with E-state index in [2.05, 4.69) is 30.6 Å². The highest BCUT2D eigenvalue weighted by Crippen LogP contribution is 2.32. The monoisotopic (exact) mass is 443 g/mol. The van der Waals surface area contributed by atoms with E-state index in [1.54, 1.807) is 28.6 Å². The molecule has 4 rings (SSSR count). The predicted octanol–water partition coefficient (Wildman–Crippen LogP) is 3.30. The molecule has 0 spiro atoms. The first kappa shape index (κ1) is 22.0. The van der Waals surface area contributed by atoms with Crippen molar-refractivity contribution in [3.05, 3.63) is 41.6 Å². The number of rotatable bonds is 5. The van der Waals surface area contributed by atoms with E-state index in [-0.39, 0.29) is 6.04 Å². The van der Waals surface area contributed by atoms with Gasteiger partial charge in [0.25, 0.3) is 0 Å². The Kier molecular flexibility index (Phi) is 6.21. The van der Waals surface area contributed by atoms with E-state index in [4.69, 9.17) is 9.97 Å². The van der Waals surface area contributed by atoms with Crippen molar-refractivity contribution in [3.8, 4) is 0 Å². The van der Waals surface area contributed by atoms with E-state index in [0.717, 1.165) is 54.9 Å². The van der Waals surface area contributed by atoms with Crippen LogP contribution < -0.4 is 9.80 Å². The Balaban J connectivity index is 1.70. The van der Waals surface area contributed by atoms with Gasteiger partial charge in [-0.05, 0) is 44.7 Å². The van der Waals surface area contributed by atoms with Crippen LogP contribution in [0.15, 0.2) is 35.2 Å². The Bertz CT molecular complexity index is 1020. The Morgan fingerprint density at radius 2 is 1.74 bits per heavy atom. The first-order chi connectivity index (χ1) is 14.8. The summed E-state index contributed by atoms with van der Waals surface area (Å²) in [6, 6.07) is 8.91. The summed E-state index contributed by atoms with van der Waals surface area (Å²) < 4.78 is 28.0. The predicted molar refractivity (Wildman–Crippen MR) is 124 cm³/mol. The van der Waals surface area contributed by atoms with Crippen LogP contribution in [0, 0.1) is 5.92 Å². The molecule has 1 fully saturated rings. The second kappa shape index (κ2) is 8.74. The van der Waals surface area contributed by atoms with Gasteiger partial charge in [-0.15, -0.1) is 0 Å². The summed E-state index contributed by atoms with van der Waals surface area (Å²) in [7, 11) is -1.53. The van der Waals surface area contributed by atoms with Crippen molar-refractivity contribution in [2.45, 2.75) is 57.5 Å². The van der Waals surface area contributed by atoms with E-state index in [0.29, 0.717) is 24.4 Å². The van der Waals surface area contributed by atoms with Crippen molar-refractivity contribution in [3.63, 3.8) is 0 Å². The third-order valence-corrected chi connectivity index (χ3v) is 8.41. The van der Waals surface area contributed by atoms with Gasteiger partial charge in [0.15, 0.2) is 0 Å². The number of fused-ring (bicyclic) bond motifs is 1. The summed E-state index contributed by atoms with van der Waals surface area (Å²) in [6.07, 6.45) is 2.90. The number of hydrogen-bond donors (Lipinski definition) is 0. The molecule has 168 valence electrons. The molecule has 0 N–H and O–H groups in total. The largest absolute Gasteiger partial charge is 0.357 e. The fourth-order valence-corrected chi connectivity index (χ4v) is 5.62. The Hall–Kier alpha value is -2.19. The van der Waals surface area contributed by atoms with E-state index < -0.39 is 10.0 Å². The van der Waals surface area contributed by atoms with Crippen LogP contribution in [0.4, 0.5) is 11.8 Å². The minimum Gasteiger partial charge on any atom is -0.357 e. The van der Waals surface area contributed by atoms with Crippen LogP contribution in [0.3, 0.4) is 0 Å². The van der Waals surface area contributed by atoms with Gasteiger partial charge in [-0.25, -0.2) is 13.4 Å². The van der Waals surface area contributed by atoms with Gasteiger partial charge in [-0.1, -0.05) is 25.1 Å². The molecular formula is C23H33N5O2S. The van der Waals surface area contributed by atoms with Crippen LogP contribution in [0.1, 0.15) is 44.9 Å². The number of aromatic nitrogens is 2. The van der Waals surface area contributed by atoms with Crippen molar-refractivity contribution in [1.82, 2.24) is 14.3 Å². The van der Waals surface area contributed by atoms with Crippen molar-refractivity contribution < 1.29 is 8.42 Å². The van der Waals surface area contributed by atoms with E-state index in [1.807, 2.05) is 13.1 Å². The standard InChI is InChI=1S/C23H33N5O2S/c1-17(2)26(4)22-20-16-28(31(29,30)19-8-6-5-7-9-19)15-12-21(20)24-23(25-22)27-13-10-18(3)11-14-27/h5-9,17-18H,10-16H2,1-4H3. The molecule has 2 aliphatic heterocycles. The lowest BCUT2D eigenvalue weighted by Crippen LogP contribution is -2.40. The van der Waals surface area contributed by atoms with Crippen molar-refractivity contribution >= 4 is 21.8 Å². The van der Waals surface area contributed by atoms with Gasteiger partial charge in [0.1, 0.15) is 5.82 Å². The second-order valence-corrected chi connectivity index (χ2v) is 11.0. The molecule has 0 saturated carbocycles. The van der Waals surface area contributed by atoms with E-state index in [9.17, 15) is 8.42 Å². The second-order valence-electron chi connectivity index (χ2n) is 9.05. The number of nitrogens with zero attached hydrogens (tertiary/aromatic N) is 5. The lowest BCUT2D eigenvalue weighted by molar-refractivity contribution is 0.385. The SMILES string of the molecule is CC1CCN(c2nc3c(c(N(C)C(C)C)n2)CN(S(=O)(=O)c2ccccc2)CC3)CC1. The van der Waals surface area contributed by atoms with Gasteiger partial charge in [-0.2, -0.15) is 9.29 Å². The van der Waals surface area contributed by atoms with Crippen LogP contribution in [0.2, 0.25) is 0 Å². The van der Waals surface area contributed by atoms with Crippen molar-refractivity contribution in [1.29, 1.82) is 0 Å². The highest BCUT2D eigenvalue weighted by Gasteiger charge is 2.33. The summed E-state index contributed by atoms with van der Waals surface area (Å²) in [5, 5.41) is 0. The minimum atomic E-state index is -3.56. The molecule has 0 aliphatic carbocycles. The molecule has 0 radical (unpaired) electrons. The summed E-state index contributed by atoms with van der Waals surface area (Å²) in [5.41, 5.74) is 1.90. The zero-order chi connectivity index (χ0) is 22.2. The van der Waals surface area contributed by atoms with Crippen LogP contribution in [0.25, 0.3) is 0 Å². The molecular weight excluding hydrogens is 410 g/mol. The molecule has 1 aromatic carbocycles. The highest BCUT2D eigenvalue weighted by molar-refractivity contribution is 7.89. The van der Waals surface area contributed by atoms with Crippen LogP contribution in [0.5, 0.6) is 0 Å². The molecule has 0 bridgehead atoms. The fourth-order valence-electron chi connectivity index (χ4n) is 4.19. The van der Waals surface area contributed by atoms with Crippen LogP contribution >= 0.6 is 0 Å². The van der Waals surface area contributed by atoms with Gasteiger partial charge < -0.3 is 9.80 Å². The molecule has 1 saturated heterocycles. The molecule has 0 atom stereocenters. The Labute approximate surface area is 186 Å². The first-order valence-electron chi connectivity index (χ1n) is 11.2. The van der Waals surface area contributed by atoms with Crippen molar-refractivity contribution in [2.75, 3.05) is 36.5 Å². The average molecular weight is 444 g/mol. The quantitative estimate of drug-likeness (QED) is 0.706. The molecule has 3 heterocycles. The summed E-state index contributed by atoms with van der Waals surface area (Å²) in [6.45, 7) is 9.22. The molecule has 0 amide bonds. The third kappa shape index (κ3) is 4.41. The van der Waals surface area contributed by atoms with Crippen LogP contribution in [-0.4, -0.2) is 55.4 Å². The Morgan fingerprint density at radius 1 is 1.06 bits per heavy atom. The maximum atomic E-state index is 13.2. The maximum absolute atomic E-state index is 13.2. The normalized spacial score (nSPS) is 18.3. The van der Waals surface area contributed by atoms with Crippen molar-refractivity contribution in [2.24, 2.45) is 5.92 Å². The molecule has 31 heavy (non-hydrogen) atoms. The minimum absolute atomic E-state index is 0.245. The number of hydrogen-bond acceptors (Lipinski definition) is 6. The average Bonchev–Trinajstić information content (AvgIpc) is 2.78. The summed E-state index contributed by atoms with van der Waals surface area (Å²) in [5.74, 6) is 2.37. The zero-order valence-corrected chi connectivity index (χ0v) is 19.8. The van der Waals surface area contributed by atoms with Gasteiger partial charge >= 0.3 is 0 Å². The molecule has 1 aromatic heterocycles. The Morgan fingerprint density at radius 3 is 2.39 bits per heavy atom. The highest BCUT2D eigenvalue weighted by atomic mass is 32.2. The molecule has 8 heteroatoms. The number of benzene rings is 1. The van der Waals surface area contributed by atoms with Crippen LogP contribution in [-0.2, 0) is 23.0 Å². The van der Waals surface area contributed by atoms with Gasteiger partial charge in [0.05, 0.1) is 10.6 Å². The first-order valence-corrected chi connectivity index (χ1v) is 12.6. The lowest BCUT2D eigenvalue weighted by atomic mass is 9.99. The molecule has 2 aliphatic rings. The smallest absolute Gasteiger partial charge is 0.243 e. The molecule has 7 nitrogen and oxygen atoms in total. The topological polar surface area (TPSA) is 69.6 Å². The number of piperidine rings is 1. The molecule has 2 aromatic rings. The van der Waals surface area contributed by atoms with Gasteiger partial charge in [0.2, 0.25) is 16.0 Å². The number of sulfonamides is 1. The van der Waals surface area contributed by atoms with Gasteiger partial charge in [0, 0.05) is 51.3 Å². The zero-order valence-electron chi connectivity index (χ0n) is 19.0. The summed E-state index contributed by atoms with van der Waals surface area (Å²) in [4.78, 5) is 14.6.